The Bertz CT molecular complexity index is 804. The lowest BCUT2D eigenvalue weighted by atomic mass is 10.1. The minimum absolute atomic E-state index is 0.00876. The number of guanidine groups is 1. The zero-order chi connectivity index (χ0) is 18.8. The molecule has 25 heavy (non-hydrogen) atoms. The standard InChI is InChI=1S/C17H16Cl2F3N3/c1-3-10-5-4-6-12(7-10)25(2)16(23)24-14-9-11(18)8-13(15(14)19)17(20,21)22/h4-9H,3H2,1-2H3,(H2,23,24). The molecule has 0 atom stereocenters. The Kier molecular flexibility index (Phi) is 5.85. The van der Waals surface area contributed by atoms with Gasteiger partial charge >= 0.3 is 6.18 Å². The first kappa shape index (κ1) is 19.4. The van der Waals surface area contributed by atoms with Crippen molar-refractivity contribution in [3.05, 3.63) is 57.6 Å². The molecule has 2 N–H and O–H groups in total. The van der Waals surface area contributed by atoms with Gasteiger partial charge in [-0.3, -0.25) is 0 Å². The van der Waals surface area contributed by atoms with E-state index < -0.39 is 16.8 Å². The van der Waals surface area contributed by atoms with Gasteiger partial charge < -0.3 is 10.6 Å². The van der Waals surface area contributed by atoms with Crippen molar-refractivity contribution in [1.82, 2.24) is 0 Å². The SMILES string of the molecule is CCc1cccc(N(C)C(N)=Nc2cc(Cl)cc(C(F)(F)F)c2Cl)c1. The molecule has 134 valence electrons. The van der Waals surface area contributed by atoms with E-state index in [1.54, 1.807) is 11.9 Å². The molecule has 0 aromatic heterocycles. The van der Waals surface area contributed by atoms with Crippen molar-refractivity contribution in [2.24, 2.45) is 10.7 Å². The number of hydrogen-bond acceptors (Lipinski definition) is 1. The molecule has 0 fully saturated rings. The molecule has 0 aliphatic carbocycles. The molecule has 0 aliphatic heterocycles. The van der Waals surface area contributed by atoms with E-state index >= 15 is 0 Å². The van der Waals surface area contributed by atoms with Crippen LogP contribution in [0.1, 0.15) is 18.1 Å². The highest BCUT2D eigenvalue weighted by atomic mass is 35.5. The lowest BCUT2D eigenvalue weighted by Gasteiger charge is -2.19. The summed E-state index contributed by atoms with van der Waals surface area (Å²) in [5.41, 5.74) is 6.60. The van der Waals surface area contributed by atoms with Gasteiger partial charge in [0.15, 0.2) is 0 Å². The second kappa shape index (κ2) is 7.54. The maximum absolute atomic E-state index is 13.0. The van der Waals surface area contributed by atoms with Gasteiger partial charge in [-0.25, -0.2) is 4.99 Å². The molecular formula is C17H16Cl2F3N3. The van der Waals surface area contributed by atoms with Crippen LogP contribution < -0.4 is 10.6 Å². The number of nitrogens with two attached hydrogens (primary N) is 1. The first-order chi connectivity index (χ1) is 11.6. The summed E-state index contributed by atoms with van der Waals surface area (Å²) in [5, 5.41) is -0.672. The van der Waals surface area contributed by atoms with E-state index in [1.807, 2.05) is 31.2 Å². The van der Waals surface area contributed by atoms with Crippen LogP contribution in [0.25, 0.3) is 0 Å². The van der Waals surface area contributed by atoms with E-state index in [4.69, 9.17) is 28.9 Å². The molecule has 3 nitrogen and oxygen atoms in total. The number of alkyl halides is 3. The molecule has 2 rings (SSSR count). The minimum atomic E-state index is -4.64. The Morgan fingerprint density at radius 1 is 1.20 bits per heavy atom. The zero-order valence-electron chi connectivity index (χ0n) is 13.5. The fourth-order valence-corrected chi connectivity index (χ4v) is 2.65. The smallest absolute Gasteiger partial charge is 0.369 e. The molecule has 0 aliphatic rings. The van der Waals surface area contributed by atoms with E-state index in [0.29, 0.717) is 0 Å². The van der Waals surface area contributed by atoms with E-state index in [0.717, 1.165) is 23.7 Å². The van der Waals surface area contributed by atoms with Crippen molar-refractivity contribution in [2.75, 3.05) is 11.9 Å². The Hall–Kier alpha value is -1.92. The number of rotatable bonds is 3. The van der Waals surface area contributed by atoms with Crippen molar-refractivity contribution in [2.45, 2.75) is 19.5 Å². The number of aliphatic imine (C=N–C) groups is 1. The highest BCUT2D eigenvalue weighted by molar-refractivity contribution is 6.36. The van der Waals surface area contributed by atoms with Gasteiger partial charge in [0.05, 0.1) is 16.3 Å². The average Bonchev–Trinajstić information content (AvgIpc) is 2.56. The highest BCUT2D eigenvalue weighted by Crippen LogP contribution is 2.41. The van der Waals surface area contributed by atoms with Crippen LogP contribution in [0.5, 0.6) is 0 Å². The van der Waals surface area contributed by atoms with Crippen molar-refractivity contribution in [3.8, 4) is 0 Å². The molecule has 2 aromatic carbocycles. The maximum Gasteiger partial charge on any atom is 0.417 e. The lowest BCUT2D eigenvalue weighted by molar-refractivity contribution is -0.137. The topological polar surface area (TPSA) is 41.6 Å². The average molecular weight is 390 g/mol. The second-order valence-electron chi connectivity index (χ2n) is 5.34. The summed E-state index contributed by atoms with van der Waals surface area (Å²) in [4.78, 5) is 5.59. The first-order valence-electron chi connectivity index (χ1n) is 7.36. The van der Waals surface area contributed by atoms with Gasteiger partial charge in [0.1, 0.15) is 0 Å². The van der Waals surface area contributed by atoms with Crippen molar-refractivity contribution < 1.29 is 13.2 Å². The second-order valence-corrected chi connectivity index (χ2v) is 6.15. The Balaban J connectivity index is 2.43. The monoisotopic (exact) mass is 389 g/mol. The Morgan fingerprint density at radius 2 is 1.88 bits per heavy atom. The molecule has 0 bridgehead atoms. The summed E-state index contributed by atoms with van der Waals surface area (Å²) in [7, 11) is 1.66. The zero-order valence-corrected chi connectivity index (χ0v) is 15.0. The molecule has 0 saturated carbocycles. The van der Waals surface area contributed by atoms with Crippen LogP contribution >= 0.6 is 23.2 Å². The van der Waals surface area contributed by atoms with E-state index in [1.165, 1.54) is 6.07 Å². The van der Waals surface area contributed by atoms with Gasteiger partial charge in [-0.15, -0.1) is 0 Å². The lowest BCUT2D eigenvalue weighted by Crippen LogP contribution is -2.33. The van der Waals surface area contributed by atoms with Crippen molar-refractivity contribution >= 4 is 40.5 Å². The molecule has 0 heterocycles. The number of nitrogens with zero attached hydrogens (tertiary/aromatic N) is 2. The van der Waals surface area contributed by atoms with Gasteiger partial charge in [-0.1, -0.05) is 42.3 Å². The van der Waals surface area contributed by atoms with Crippen LogP contribution in [0.2, 0.25) is 10.0 Å². The van der Waals surface area contributed by atoms with Gasteiger partial charge in [-0.05, 0) is 36.2 Å². The number of anilines is 1. The number of hydrogen-bond donors (Lipinski definition) is 1. The summed E-state index contributed by atoms with van der Waals surface area (Å²) in [6.07, 6.45) is -3.80. The van der Waals surface area contributed by atoms with E-state index in [9.17, 15) is 13.2 Å². The highest BCUT2D eigenvalue weighted by Gasteiger charge is 2.34. The molecule has 0 unspecified atom stereocenters. The number of benzene rings is 2. The molecule has 0 radical (unpaired) electrons. The summed E-state index contributed by atoms with van der Waals surface area (Å²) in [6, 6.07) is 9.57. The van der Waals surface area contributed by atoms with Crippen molar-refractivity contribution in [1.29, 1.82) is 0 Å². The summed E-state index contributed by atoms with van der Waals surface area (Å²) < 4.78 is 39.1. The van der Waals surface area contributed by atoms with Crippen LogP contribution in [0.3, 0.4) is 0 Å². The molecular weight excluding hydrogens is 374 g/mol. The van der Waals surface area contributed by atoms with Crippen LogP contribution in [0.4, 0.5) is 24.5 Å². The van der Waals surface area contributed by atoms with Gasteiger partial charge in [0.2, 0.25) is 5.96 Å². The Labute approximate surface area is 153 Å². The number of halogens is 5. The van der Waals surface area contributed by atoms with Gasteiger partial charge in [0.25, 0.3) is 0 Å². The van der Waals surface area contributed by atoms with Crippen molar-refractivity contribution in [3.63, 3.8) is 0 Å². The van der Waals surface area contributed by atoms with Crippen LogP contribution in [0.15, 0.2) is 41.4 Å². The predicted octanol–water partition coefficient (Wildman–Crippen LogP) is 5.66. The van der Waals surface area contributed by atoms with Crippen LogP contribution in [0, 0.1) is 0 Å². The summed E-state index contributed by atoms with van der Waals surface area (Å²) >= 11 is 11.6. The van der Waals surface area contributed by atoms with Gasteiger partial charge in [0, 0.05) is 17.8 Å². The van der Waals surface area contributed by atoms with E-state index in [-0.39, 0.29) is 16.7 Å². The van der Waals surface area contributed by atoms with Gasteiger partial charge in [-0.2, -0.15) is 13.2 Å². The third kappa shape index (κ3) is 4.58. The third-order valence-electron chi connectivity index (χ3n) is 3.61. The quantitative estimate of drug-likeness (QED) is 0.543. The minimum Gasteiger partial charge on any atom is -0.369 e. The number of aryl methyl sites for hydroxylation is 1. The predicted molar refractivity (Wildman–Crippen MR) is 97.0 cm³/mol. The normalized spacial score (nSPS) is 12.4. The summed E-state index contributed by atoms with van der Waals surface area (Å²) in [5.74, 6) is -0.00876. The largest absolute Gasteiger partial charge is 0.417 e. The maximum atomic E-state index is 13.0. The van der Waals surface area contributed by atoms with Crippen LogP contribution in [-0.2, 0) is 12.6 Å². The fraction of sp³-hybridized carbons (Fsp3) is 0.235. The molecule has 2 aromatic rings. The fourth-order valence-electron chi connectivity index (χ4n) is 2.18. The molecule has 8 heteroatoms. The van der Waals surface area contributed by atoms with Crippen LogP contribution in [-0.4, -0.2) is 13.0 Å². The molecule has 0 spiro atoms. The Morgan fingerprint density at radius 3 is 2.48 bits per heavy atom. The van der Waals surface area contributed by atoms with E-state index in [2.05, 4.69) is 4.99 Å². The molecule has 0 saturated heterocycles. The summed E-state index contributed by atoms with van der Waals surface area (Å²) in [6.45, 7) is 2.01. The first-order valence-corrected chi connectivity index (χ1v) is 8.12. The molecule has 0 amide bonds. The third-order valence-corrected chi connectivity index (χ3v) is 4.22.